The molecule has 0 saturated carbocycles. The van der Waals surface area contributed by atoms with Gasteiger partial charge in [0.15, 0.2) is 5.58 Å². The molecule has 11 aromatic rings. The highest BCUT2D eigenvalue weighted by molar-refractivity contribution is 6.24. The molecule has 0 spiro atoms. The first-order valence-corrected chi connectivity index (χ1v) is 18.6. The van der Waals surface area contributed by atoms with Crippen molar-refractivity contribution < 1.29 is 4.42 Å². The van der Waals surface area contributed by atoms with Crippen molar-refractivity contribution in [2.24, 2.45) is 0 Å². The molecule has 0 aliphatic carbocycles. The molecule has 0 N–H and O–H groups in total. The van der Waals surface area contributed by atoms with Crippen molar-refractivity contribution in [3.63, 3.8) is 0 Å². The van der Waals surface area contributed by atoms with Crippen LogP contribution in [0.1, 0.15) is 0 Å². The summed E-state index contributed by atoms with van der Waals surface area (Å²) in [5.41, 5.74) is 11.6. The zero-order valence-corrected chi connectivity index (χ0v) is 29.8. The summed E-state index contributed by atoms with van der Waals surface area (Å²) in [7, 11) is 0. The van der Waals surface area contributed by atoms with E-state index in [4.69, 9.17) is 9.40 Å². The topological polar surface area (TPSA) is 34.2 Å². The summed E-state index contributed by atoms with van der Waals surface area (Å²) >= 11 is 0. The van der Waals surface area contributed by atoms with Crippen LogP contribution in [0.15, 0.2) is 205 Å². The fourth-order valence-corrected chi connectivity index (χ4v) is 8.33. The van der Waals surface area contributed by atoms with E-state index in [-0.39, 0.29) is 0 Å². The molecule has 258 valence electrons. The number of oxazole rings is 1. The van der Waals surface area contributed by atoms with Crippen molar-refractivity contribution in [2.45, 2.75) is 0 Å². The van der Waals surface area contributed by atoms with Gasteiger partial charge in [-0.05, 0) is 94.7 Å². The Morgan fingerprint density at radius 1 is 0.436 bits per heavy atom. The summed E-state index contributed by atoms with van der Waals surface area (Å²) < 4.78 is 9.10. The Hall–Kier alpha value is -7.43. The number of benzene rings is 9. The first-order chi connectivity index (χ1) is 27.3. The molecule has 0 amide bonds. The quantitative estimate of drug-likeness (QED) is 0.162. The first-order valence-electron chi connectivity index (χ1n) is 18.6. The van der Waals surface area contributed by atoms with Crippen LogP contribution in [0.5, 0.6) is 0 Å². The van der Waals surface area contributed by atoms with Crippen LogP contribution < -0.4 is 4.90 Å². The molecule has 0 aliphatic rings. The number of para-hydroxylation sites is 3. The van der Waals surface area contributed by atoms with E-state index in [1.54, 1.807) is 0 Å². The molecule has 0 aliphatic heterocycles. The Balaban J connectivity index is 1.25. The van der Waals surface area contributed by atoms with Crippen molar-refractivity contribution in [2.75, 3.05) is 4.90 Å². The molecule has 4 heteroatoms. The number of hydrogen-bond donors (Lipinski definition) is 0. The number of fused-ring (bicyclic) bond motifs is 8. The Kier molecular flexibility index (Phi) is 7.14. The van der Waals surface area contributed by atoms with Crippen LogP contribution >= 0.6 is 0 Å². The molecule has 0 saturated heterocycles. The van der Waals surface area contributed by atoms with Crippen LogP contribution in [-0.4, -0.2) is 9.55 Å². The maximum absolute atomic E-state index is 6.71. The summed E-state index contributed by atoms with van der Waals surface area (Å²) in [4.78, 5) is 7.42. The summed E-state index contributed by atoms with van der Waals surface area (Å²) in [6.07, 6.45) is 0. The number of hydrogen-bond acceptors (Lipinski definition) is 3. The van der Waals surface area contributed by atoms with Crippen LogP contribution in [0.4, 0.5) is 17.1 Å². The Morgan fingerprint density at radius 3 is 1.89 bits per heavy atom. The predicted molar refractivity (Wildman–Crippen MR) is 229 cm³/mol. The maximum atomic E-state index is 6.71. The summed E-state index contributed by atoms with van der Waals surface area (Å²) in [6.45, 7) is 0. The highest BCUT2D eigenvalue weighted by Gasteiger charge is 2.24. The first kappa shape index (κ1) is 31.1. The molecule has 0 unspecified atom stereocenters. The largest absolute Gasteiger partial charge is 0.435 e. The second-order valence-electron chi connectivity index (χ2n) is 13.9. The van der Waals surface area contributed by atoms with E-state index in [1.165, 1.54) is 16.3 Å². The molecule has 0 fully saturated rings. The molecule has 2 heterocycles. The standard InChI is InChI=1S/C51H33N3O/c1-5-16-34(17-6-1)36-28-30-40-42(32-36)48-37(29-31-43-50(48)55-51(52-43)35-18-7-2-8-19-35)33-47(40)54(39-22-11-4-12-23-39)46-27-15-26-45-49(46)41-24-13-14-25-44(41)53(45)38-20-9-3-10-21-38/h1-33H. The van der Waals surface area contributed by atoms with Crippen molar-refractivity contribution in [1.29, 1.82) is 0 Å². The lowest BCUT2D eigenvalue weighted by Crippen LogP contribution is -2.11. The minimum Gasteiger partial charge on any atom is -0.435 e. The van der Waals surface area contributed by atoms with E-state index < -0.39 is 0 Å². The lowest BCUT2D eigenvalue weighted by Gasteiger charge is -2.28. The van der Waals surface area contributed by atoms with Gasteiger partial charge in [0.05, 0.1) is 22.4 Å². The Labute approximate surface area is 317 Å². The monoisotopic (exact) mass is 703 g/mol. The van der Waals surface area contributed by atoms with E-state index in [2.05, 4.69) is 179 Å². The average Bonchev–Trinajstić information content (AvgIpc) is 3.85. The highest BCUT2D eigenvalue weighted by Crippen LogP contribution is 2.48. The number of anilines is 3. The van der Waals surface area contributed by atoms with Gasteiger partial charge < -0.3 is 13.9 Å². The smallest absolute Gasteiger partial charge is 0.227 e. The second-order valence-corrected chi connectivity index (χ2v) is 13.9. The van der Waals surface area contributed by atoms with Gasteiger partial charge in [-0.2, -0.15) is 0 Å². The number of nitrogens with zero attached hydrogens (tertiary/aromatic N) is 3. The van der Waals surface area contributed by atoms with Crippen molar-refractivity contribution in [3.8, 4) is 28.3 Å². The van der Waals surface area contributed by atoms with Gasteiger partial charge in [0.2, 0.25) is 5.89 Å². The molecule has 2 aromatic heterocycles. The van der Waals surface area contributed by atoms with Gasteiger partial charge >= 0.3 is 0 Å². The maximum Gasteiger partial charge on any atom is 0.227 e. The van der Waals surface area contributed by atoms with Crippen LogP contribution in [0.25, 0.3) is 82.7 Å². The zero-order chi connectivity index (χ0) is 36.3. The van der Waals surface area contributed by atoms with E-state index in [1.807, 2.05) is 30.3 Å². The van der Waals surface area contributed by atoms with Crippen LogP contribution in [-0.2, 0) is 0 Å². The Morgan fingerprint density at radius 2 is 1.11 bits per heavy atom. The minimum absolute atomic E-state index is 0.618. The molecule has 4 nitrogen and oxygen atoms in total. The number of rotatable bonds is 6. The predicted octanol–water partition coefficient (Wildman–Crippen LogP) is 14.0. The minimum atomic E-state index is 0.618. The lowest BCUT2D eigenvalue weighted by molar-refractivity contribution is 0.623. The molecule has 11 rings (SSSR count). The van der Waals surface area contributed by atoms with Crippen molar-refractivity contribution in [1.82, 2.24) is 9.55 Å². The van der Waals surface area contributed by atoms with Gasteiger partial charge in [0.25, 0.3) is 0 Å². The lowest BCUT2D eigenvalue weighted by atomic mass is 9.94. The van der Waals surface area contributed by atoms with Gasteiger partial charge in [-0.1, -0.05) is 127 Å². The molecule has 0 atom stereocenters. The zero-order valence-electron chi connectivity index (χ0n) is 29.8. The second kappa shape index (κ2) is 12.6. The van der Waals surface area contributed by atoms with Gasteiger partial charge in [0.1, 0.15) is 5.52 Å². The third-order valence-electron chi connectivity index (χ3n) is 10.8. The van der Waals surface area contributed by atoms with Crippen LogP contribution in [0, 0.1) is 0 Å². The van der Waals surface area contributed by atoms with Crippen LogP contribution in [0.3, 0.4) is 0 Å². The average molecular weight is 704 g/mol. The molecule has 55 heavy (non-hydrogen) atoms. The molecular weight excluding hydrogens is 671 g/mol. The van der Waals surface area contributed by atoms with Crippen molar-refractivity contribution >= 4 is 71.5 Å². The van der Waals surface area contributed by atoms with E-state index >= 15 is 0 Å². The van der Waals surface area contributed by atoms with Crippen LogP contribution in [0.2, 0.25) is 0 Å². The van der Waals surface area contributed by atoms with E-state index in [0.29, 0.717) is 5.89 Å². The molecule has 9 aromatic carbocycles. The molecular formula is C51H33N3O. The summed E-state index contributed by atoms with van der Waals surface area (Å²) in [5.74, 6) is 0.618. The Bertz CT molecular complexity index is 3190. The third kappa shape index (κ3) is 5.03. The van der Waals surface area contributed by atoms with Gasteiger partial charge in [-0.3, -0.25) is 0 Å². The summed E-state index contributed by atoms with van der Waals surface area (Å²) in [6, 6.07) is 71.0. The molecule has 0 radical (unpaired) electrons. The summed E-state index contributed by atoms with van der Waals surface area (Å²) in [5, 5.41) is 6.75. The van der Waals surface area contributed by atoms with E-state index in [9.17, 15) is 0 Å². The van der Waals surface area contributed by atoms with E-state index in [0.717, 1.165) is 77.6 Å². The normalized spacial score (nSPS) is 11.6. The third-order valence-corrected chi connectivity index (χ3v) is 10.8. The molecule has 0 bridgehead atoms. The fraction of sp³-hybridized carbons (Fsp3) is 0. The van der Waals surface area contributed by atoms with Gasteiger partial charge in [-0.15, -0.1) is 0 Å². The highest BCUT2D eigenvalue weighted by atomic mass is 16.3. The fourth-order valence-electron chi connectivity index (χ4n) is 8.33. The SMILES string of the molecule is c1ccc(-c2ccc3c(N(c4ccccc4)c4cccc5c4c4ccccc4n5-c4ccccc4)cc4ccc5nc(-c6ccccc6)oc5c4c3c2)cc1. The van der Waals surface area contributed by atoms with Gasteiger partial charge in [0, 0.05) is 38.5 Å². The number of aromatic nitrogens is 2. The van der Waals surface area contributed by atoms with Crippen molar-refractivity contribution in [3.05, 3.63) is 200 Å². The van der Waals surface area contributed by atoms with Gasteiger partial charge in [-0.25, -0.2) is 4.98 Å².